The minimum absolute atomic E-state index is 0.0831. The maximum Gasteiger partial charge on any atom is 0.105 e. The fraction of sp³-hybridized carbons (Fsp3) is 0.286. The van der Waals surface area contributed by atoms with Crippen LogP contribution in [0.3, 0.4) is 0 Å². The van der Waals surface area contributed by atoms with Crippen LogP contribution in [0, 0.1) is 13.8 Å². The van der Waals surface area contributed by atoms with Gasteiger partial charge in [-0.25, -0.2) is 0 Å². The quantitative estimate of drug-likeness (QED) is 0.627. The number of hydrazine groups is 1. The molecule has 1 atom stereocenters. The first-order valence-electron chi connectivity index (χ1n) is 5.76. The summed E-state index contributed by atoms with van der Waals surface area (Å²) in [7, 11) is 0. The van der Waals surface area contributed by atoms with Gasteiger partial charge >= 0.3 is 0 Å². The lowest BCUT2D eigenvalue weighted by Crippen LogP contribution is -2.29. The predicted octanol–water partition coefficient (Wildman–Crippen LogP) is 2.64. The molecule has 3 nitrogen and oxygen atoms in total. The van der Waals surface area contributed by atoms with Gasteiger partial charge in [0.1, 0.15) is 5.76 Å². The van der Waals surface area contributed by atoms with Gasteiger partial charge in [-0.15, -0.1) is 0 Å². The number of furan rings is 1. The number of rotatable bonds is 4. The van der Waals surface area contributed by atoms with Crippen molar-refractivity contribution in [2.75, 3.05) is 0 Å². The topological polar surface area (TPSA) is 51.2 Å². The molecule has 1 aromatic heterocycles. The molecule has 0 aliphatic carbocycles. The zero-order chi connectivity index (χ0) is 12.3. The van der Waals surface area contributed by atoms with Crippen molar-refractivity contribution in [3.63, 3.8) is 0 Å². The Bertz CT molecular complexity index is 457. The number of aryl methyl sites for hydroxylation is 2. The highest BCUT2D eigenvalue weighted by Crippen LogP contribution is 2.20. The van der Waals surface area contributed by atoms with E-state index in [0.29, 0.717) is 0 Å². The van der Waals surface area contributed by atoms with Crippen LogP contribution in [0.5, 0.6) is 0 Å². The first kappa shape index (κ1) is 11.9. The molecule has 1 aromatic carbocycles. The molecule has 90 valence electrons. The summed E-state index contributed by atoms with van der Waals surface area (Å²) in [5, 5.41) is 0. The molecule has 2 rings (SSSR count). The molecule has 1 unspecified atom stereocenters. The van der Waals surface area contributed by atoms with Crippen LogP contribution < -0.4 is 11.3 Å². The average molecular weight is 230 g/mol. The molecule has 0 aliphatic heterocycles. The smallest absolute Gasteiger partial charge is 0.105 e. The average Bonchev–Trinajstić information content (AvgIpc) is 2.77. The molecule has 0 aliphatic rings. The lowest BCUT2D eigenvalue weighted by molar-refractivity contribution is 0.454. The third-order valence-electron chi connectivity index (χ3n) is 2.83. The summed E-state index contributed by atoms with van der Waals surface area (Å²) in [5.74, 6) is 6.57. The summed E-state index contributed by atoms with van der Waals surface area (Å²) in [6.45, 7) is 4.19. The lowest BCUT2D eigenvalue weighted by Gasteiger charge is -2.16. The van der Waals surface area contributed by atoms with Crippen LogP contribution >= 0.6 is 0 Å². The van der Waals surface area contributed by atoms with E-state index >= 15 is 0 Å². The number of nitrogens with one attached hydrogen (secondary N) is 1. The van der Waals surface area contributed by atoms with Crippen molar-refractivity contribution >= 4 is 0 Å². The molecule has 17 heavy (non-hydrogen) atoms. The first-order chi connectivity index (χ1) is 8.19. The van der Waals surface area contributed by atoms with Gasteiger partial charge in [-0.1, -0.05) is 29.3 Å². The normalized spacial score (nSPS) is 12.6. The van der Waals surface area contributed by atoms with Gasteiger partial charge in [0.15, 0.2) is 0 Å². The fourth-order valence-corrected chi connectivity index (χ4v) is 2.11. The van der Waals surface area contributed by atoms with Gasteiger partial charge in [0.25, 0.3) is 0 Å². The zero-order valence-electron chi connectivity index (χ0n) is 10.2. The molecule has 0 saturated heterocycles. The van der Waals surface area contributed by atoms with Gasteiger partial charge in [-0.3, -0.25) is 11.3 Å². The van der Waals surface area contributed by atoms with Crippen LogP contribution in [-0.4, -0.2) is 0 Å². The maximum absolute atomic E-state index is 5.63. The Balaban J connectivity index is 2.22. The van der Waals surface area contributed by atoms with E-state index in [1.807, 2.05) is 12.1 Å². The molecule has 0 radical (unpaired) electrons. The van der Waals surface area contributed by atoms with E-state index in [9.17, 15) is 0 Å². The van der Waals surface area contributed by atoms with Crippen LogP contribution in [0.25, 0.3) is 0 Å². The number of benzene rings is 1. The van der Waals surface area contributed by atoms with Crippen molar-refractivity contribution in [2.45, 2.75) is 26.3 Å². The van der Waals surface area contributed by atoms with Gasteiger partial charge in [0.2, 0.25) is 0 Å². The van der Waals surface area contributed by atoms with E-state index < -0.39 is 0 Å². The number of hydrogen-bond acceptors (Lipinski definition) is 3. The van der Waals surface area contributed by atoms with Crippen molar-refractivity contribution in [3.8, 4) is 0 Å². The highest BCUT2D eigenvalue weighted by Gasteiger charge is 2.12. The molecule has 0 amide bonds. The van der Waals surface area contributed by atoms with Crippen LogP contribution in [0.15, 0.2) is 41.0 Å². The van der Waals surface area contributed by atoms with Gasteiger partial charge in [0.05, 0.1) is 12.3 Å². The second-order valence-electron chi connectivity index (χ2n) is 4.42. The summed E-state index contributed by atoms with van der Waals surface area (Å²) >= 11 is 0. The van der Waals surface area contributed by atoms with Crippen molar-refractivity contribution in [1.82, 2.24) is 5.43 Å². The van der Waals surface area contributed by atoms with E-state index in [0.717, 1.165) is 12.2 Å². The third-order valence-corrected chi connectivity index (χ3v) is 2.83. The molecule has 0 spiro atoms. The van der Waals surface area contributed by atoms with E-state index in [-0.39, 0.29) is 6.04 Å². The molecule has 3 N–H and O–H groups in total. The van der Waals surface area contributed by atoms with Crippen LogP contribution in [0.1, 0.15) is 28.5 Å². The molecule has 0 fully saturated rings. The molecular weight excluding hydrogens is 212 g/mol. The standard InChI is InChI=1S/C14H18N2O/c1-10-6-11(2)8-12(7-10)14(16-15)9-13-4-3-5-17-13/h3-8,14,16H,9,15H2,1-2H3. The second-order valence-corrected chi connectivity index (χ2v) is 4.42. The Labute approximate surface area is 102 Å². The number of hydrogen-bond donors (Lipinski definition) is 2. The van der Waals surface area contributed by atoms with Crippen LogP contribution in [0.2, 0.25) is 0 Å². The third kappa shape index (κ3) is 2.96. The Morgan fingerprint density at radius 3 is 2.47 bits per heavy atom. The molecule has 1 heterocycles. The fourth-order valence-electron chi connectivity index (χ4n) is 2.11. The van der Waals surface area contributed by atoms with Gasteiger partial charge in [-0.05, 0) is 31.5 Å². The molecular formula is C14H18N2O. The van der Waals surface area contributed by atoms with Crippen molar-refractivity contribution in [1.29, 1.82) is 0 Å². The summed E-state index contributed by atoms with van der Waals surface area (Å²) in [6.07, 6.45) is 2.44. The summed E-state index contributed by atoms with van der Waals surface area (Å²) in [5.41, 5.74) is 6.55. The Morgan fingerprint density at radius 1 is 1.24 bits per heavy atom. The maximum atomic E-state index is 5.63. The minimum Gasteiger partial charge on any atom is -0.469 e. The highest BCUT2D eigenvalue weighted by molar-refractivity contribution is 5.31. The summed E-state index contributed by atoms with van der Waals surface area (Å²) < 4.78 is 5.35. The monoisotopic (exact) mass is 230 g/mol. The van der Waals surface area contributed by atoms with Gasteiger partial charge in [-0.2, -0.15) is 0 Å². The Kier molecular flexibility index (Phi) is 3.61. The van der Waals surface area contributed by atoms with E-state index in [2.05, 4.69) is 37.5 Å². The molecule has 3 heteroatoms. The SMILES string of the molecule is Cc1cc(C)cc(C(Cc2ccco2)NN)c1. The number of nitrogens with two attached hydrogens (primary N) is 1. The predicted molar refractivity (Wildman–Crippen MR) is 68.4 cm³/mol. The van der Waals surface area contributed by atoms with Crippen LogP contribution in [0.4, 0.5) is 0 Å². The minimum atomic E-state index is 0.0831. The molecule has 0 bridgehead atoms. The summed E-state index contributed by atoms with van der Waals surface area (Å²) in [4.78, 5) is 0. The van der Waals surface area contributed by atoms with Crippen LogP contribution in [-0.2, 0) is 6.42 Å². The van der Waals surface area contributed by atoms with E-state index in [1.165, 1.54) is 16.7 Å². The molecule has 2 aromatic rings. The Morgan fingerprint density at radius 2 is 1.94 bits per heavy atom. The first-order valence-corrected chi connectivity index (χ1v) is 5.76. The van der Waals surface area contributed by atoms with Gasteiger partial charge in [0, 0.05) is 6.42 Å². The lowest BCUT2D eigenvalue weighted by atomic mass is 9.99. The summed E-state index contributed by atoms with van der Waals surface area (Å²) in [6, 6.07) is 10.4. The molecule has 0 saturated carbocycles. The van der Waals surface area contributed by atoms with Crippen molar-refractivity contribution in [2.24, 2.45) is 5.84 Å². The highest BCUT2D eigenvalue weighted by atomic mass is 16.3. The van der Waals surface area contributed by atoms with E-state index in [4.69, 9.17) is 10.3 Å². The Hall–Kier alpha value is -1.58. The van der Waals surface area contributed by atoms with Crippen molar-refractivity contribution < 1.29 is 4.42 Å². The largest absolute Gasteiger partial charge is 0.469 e. The zero-order valence-corrected chi connectivity index (χ0v) is 10.2. The second kappa shape index (κ2) is 5.17. The van der Waals surface area contributed by atoms with E-state index in [1.54, 1.807) is 6.26 Å². The van der Waals surface area contributed by atoms with Crippen molar-refractivity contribution in [3.05, 3.63) is 59.0 Å². The van der Waals surface area contributed by atoms with Gasteiger partial charge < -0.3 is 4.42 Å².